The minimum absolute atomic E-state index is 0.135. The number of sulfonamides is 1. The van der Waals surface area contributed by atoms with Gasteiger partial charge in [-0.15, -0.1) is 0 Å². The summed E-state index contributed by atoms with van der Waals surface area (Å²) in [5.41, 5.74) is 2.29. The molecule has 0 heterocycles. The highest BCUT2D eigenvalue weighted by Gasteiger charge is 2.51. The number of nitrogens with one attached hydrogen (secondary N) is 2. The number of hydrogen-bond donors (Lipinski definition) is 2. The predicted octanol–water partition coefficient (Wildman–Crippen LogP) is 6.41. The van der Waals surface area contributed by atoms with Gasteiger partial charge in [-0.25, -0.2) is 8.42 Å². The molecular formula is C29H38N2O3S. The molecule has 2 aromatic rings. The van der Waals surface area contributed by atoms with Crippen molar-refractivity contribution in [2.45, 2.75) is 106 Å². The number of rotatable bonds is 7. The molecule has 35 heavy (non-hydrogen) atoms. The SMILES string of the molecule is O=C(NC1CCCCCC1)C1(c2ccc(NS(=O)(=O)c3ccc(C4CCCCC4)cc3)cc2)CC1. The first-order valence-electron chi connectivity index (χ1n) is 13.5. The maximum absolute atomic E-state index is 13.1. The molecular weight excluding hydrogens is 456 g/mol. The summed E-state index contributed by atoms with van der Waals surface area (Å²) in [6, 6.07) is 15.0. The Hall–Kier alpha value is -2.34. The van der Waals surface area contributed by atoms with Crippen molar-refractivity contribution < 1.29 is 13.2 Å². The molecule has 0 atom stereocenters. The Balaban J connectivity index is 1.22. The molecule has 0 saturated heterocycles. The number of anilines is 1. The van der Waals surface area contributed by atoms with Gasteiger partial charge in [-0.2, -0.15) is 0 Å². The number of carbonyl (C=O) groups excluding carboxylic acids is 1. The molecule has 5 rings (SSSR count). The zero-order valence-corrected chi connectivity index (χ0v) is 21.4. The zero-order valence-electron chi connectivity index (χ0n) is 20.6. The van der Waals surface area contributed by atoms with Gasteiger partial charge in [-0.1, -0.05) is 69.2 Å². The van der Waals surface area contributed by atoms with E-state index in [-0.39, 0.29) is 16.8 Å². The lowest BCUT2D eigenvalue weighted by Gasteiger charge is -2.22. The number of benzene rings is 2. The van der Waals surface area contributed by atoms with Crippen LogP contribution in [-0.2, 0) is 20.2 Å². The average Bonchev–Trinajstić information content (AvgIpc) is 3.71. The molecule has 0 bridgehead atoms. The van der Waals surface area contributed by atoms with Gasteiger partial charge in [-0.3, -0.25) is 9.52 Å². The second kappa shape index (κ2) is 10.3. The van der Waals surface area contributed by atoms with Gasteiger partial charge in [0.2, 0.25) is 5.91 Å². The lowest BCUT2D eigenvalue weighted by Crippen LogP contribution is -2.41. The Bertz CT molecular complexity index is 1110. The number of carbonyl (C=O) groups is 1. The summed E-state index contributed by atoms with van der Waals surface area (Å²) in [6.07, 6.45) is 15.0. The third-order valence-corrected chi connectivity index (χ3v) is 9.73. The van der Waals surface area contributed by atoms with Crippen molar-refractivity contribution in [3.63, 3.8) is 0 Å². The van der Waals surface area contributed by atoms with Gasteiger partial charge in [0.15, 0.2) is 0 Å². The Morgan fingerprint density at radius 1 is 0.743 bits per heavy atom. The van der Waals surface area contributed by atoms with E-state index in [4.69, 9.17) is 0 Å². The molecule has 0 spiro atoms. The maximum atomic E-state index is 13.1. The van der Waals surface area contributed by atoms with Crippen LogP contribution in [0, 0.1) is 0 Å². The second-order valence-electron chi connectivity index (χ2n) is 10.8. The Labute approximate surface area is 210 Å². The van der Waals surface area contributed by atoms with Gasteiger partial charge in [0, 0.05) is 11.7 Å². The topological polar surface area (TPSA) is 75.3 Å². The molecule has 0 aromatic heterocycles. The van der Waals surface area contributed by atoms with E-state index >= 15 is 0 Å². The lowest BCUT2D eigenvalue weighted by atomic mass is 9.84. The monoisotopic (exact) mass is 494 g/mol. The van der Waals surface area contributed by atoms with Crippen molar-refractivity contribution in [1.82, 2.24) is 5.32 Å². The number of amides is 1. The zero-order chi connectivity index (χ0) is 24.3. The molecule has 0 aliphatic heterocycles. The summed E-state index contributed by atoms with van der Waals surface area (Å²) >= 11 is 0. The highest BCUT2D eigenvalue weighted by molar-refractivity contribution is 7.92. The first-order valence-corrected chi connectivity index (χ1v) is 15.0. The Morgan fingerprint density at radius 2 is 1.31 bits per heavy atom. The van der Waals surface area contributed by atoms with E-state index in [1.807, 2.05) is 24.3 Å². The van der Waals surface area contributed by atoms with E-state index in [1.165, 1.54) is 63.4 Å². The van der Waals surface area contributed by atoms with Gasteiger partial charge in [0.25, 0.3) is 10.0 Å². The Morgan fingerprint density at radius 3 is 1.91 bits per heavy atom. The highest BCUT2D eigenvalue weighted by atomic mass is 32.2. The first-order chi connectivity index (χ1) is 17.0. The van der Waals surface area contributed by atoms with Crippen LogP contribution in [0.5, 0.6) is 0 Å². The molecule has 2 N–H and O–H groups in total. The molecule has 3 aliphatic rings. The largest absolute Gasteiger partial charge is 0.353 e. The molecule has 1 amide bonds. The van der Waals surface area contributed by atoms with Crippen LogP contribution in [0.15, 0.2) is 53.4 Å². The molecule has 0 unspecified atom stereocenters. The van der Waals surface area contributed by atoms with Crippen LogP contribution in [-0.4, -0.2) is 20.4 Å². The van der Waals surface area contributed by atoms with Crippen molar-refractivity contribution in [3.8, 4) is 0 Å². The van der Waals surface area contributed by atoms with Crippen molar-refractivity contribution in [3.05, 3.63) is 59.7 Å². The fraction of sp³-hybridized carbons (Fsp3) is 0.552. The van der Waals surface area contributed by atoms with E-state index in [0.717, 1.165) is 31.2 Å². The average molecular weight is 495 g/mol. The van der Waals surface area contributed by atoms with Crippen molar-refractivity contribution >= 4 is 21.6 Å². The molecule has 0 radical (unpaired) electrons. The summed E-state index contributed by atoms with van der Waals surface area (Å²) in [6.45, 7) is 0. The molecule has 3 fully saturated rings. The van der Waals surface area contributed by atoms with Crippen LogP contribution in [0.3, 0.4) is 0 Å². The van der Waals surface area contributed by atoms with Gasteiger partial charge < -0.3 is 5.32 Å². The van der Waals surface area contributed by atoms with E-state index in [0.29, 0.717) is 11.6 Å². The molecule has 3 aliphatic carbocycles. The van der Waals surface area contributed by atoms with E-state index in [9.17, 15) is 13.2 Å². The number of hydrogen-bond acceptors (Lipinski definition) is 3. The van der Waals surface area contributed by atoms with Crippen LogP contribution < -0.4 is 10.0 Å². The van der Waals surface area contributed by atoms with Crippen LogP contribution in [0.1, 0.15) is 101 Å². The predicted molar refractivity (Wildman–Crippen MR) is 140 cm³/mol. The molecule has 188 valence electrons. The summed E-state index contributed by atoms with van der Waals surface area (Å²) in [4.78, 5) is 13.4. The van der Waals surface area contributed by atoms with Crippen LogP contribution in [0.4, 0.5) is 5.69 Å². The second-order valence-corrected chi connectivity index (χ2v) is 12.5. The van der Waals surface area contributed by atoms with Gasteiger partial charge in [0.05, 0.1) is 10.3 Å². The first kappa shape index (κ1) is 24.4. The standard InChI is InChI=1S/C29H38N2O3S/c32-28(30-25-10-6-1-2-7-11-25)29(20-21-29)24-14-16-26(17-15-24)31-35(33,34)27-18-12-23(13-19-27)22-8-4-3-5-9-22/h12-19,22,25,31H,1-11,20-21H2,(H,30,32). The highest BCUT2D eigenvalue weighted by Crippen LogP contribution is 2.49. The van der Waals surface area contributed by atoms with Crippen molar-refractivity contribution in [1.29, 1.82) is 0 Å². The van der Waals surface area contributed by atoms with Gasteiger partial charge in [-0.05, 0) is 79.8 Å². The van der Waals surface area contributed by atoms with Gasteiger partial charge in [0.1, 0.15) is 0 Å². The summed E-state index contributed by atoms with van der Waals surface area (Å²) in [5.74, 6) is 0.686. The molecule has 5 nitrogen and oxygen atoms in total. The van der Waals surface area contributed by atoms with Crippen LogP contribution in [0.2, 0.25) is 0 Å². The van der Waals surface area contributed by atoms with Crippen LogP contribution >= 0.6 is 0 Å². The minimum Gasteiger partial charge on any atom is -0.353 e. The Kier molecular flexibility index (Phi) is 7.19. The smallest absolute Gasteiger partial charge is 0.261 e. The summed E-state index contributed by atoms with van der Waals surface area (Å²) in [7, 11) is -3.66. The van der Waals surface area contributed by atoms with Gasteiger partial charge >= 0.3 is 0 Å². The molecule has 6 heteroatoms. The van der Waals surface area contributed by atoms with E-state index < -0.39 is 15.4 Å². The van der Waals surface area contributed by atoms with Crippen LogP contribution in [0.25, 0.3) is 0 Å². The minimum atomic E-state index is -3.66. The fourth-order valence-corrected chi connectivity index (χ4v) is 7.00. The van der Waals surface area contributed by atoms with Crippen molar-refractivity contribution in [2.24, 2.45) is 0 Å². The molecule has 2 aromatic carbocycles. The third-order valence-electron chi connectivity index (χ3n) is 8.33. The summed E-state index contributed by atoms with van der Waals surface area (Å²) < 4.78 is 28.6. The fourth-order valence-electron chi connectivity index (χ4n) is 5.95. The van der Waals surface area contributed by atoms with E-state index in [2.05, 4.69) is 10.0 Å². The maximum Gasteiger partial charge on any atom is 0.261 e. The third kappa shape index (κ3) is 5.58. The molecule has 3 saturated carbocycles. The quantitative estimate of drug-likeness (QED) is 0.437. The lowest BCUT2D eigenvalue weighted by molar-refractivity contribution is -0.124. The van der Waals surface area contributed by atoms with E-state index in [1.54, 1.807) is 24.3 Å². The normalized spacial score (nSPS) is 21.1. The summed E-state index contributed by atoms with van der Waals surface area (Å²) in [5, 5.41) is 3.31. The van der Waals surface area contributed by atoms with Crippen molar-refractivity contribution in [2.75, 3.05) is 4.72 Å².